The van der Waals surface area contributed by atoms with Crippen LogP contribution in [-0.2, 0) is 16.1 Å². The first-order valence-corrected chi connectivity index (χ1v) is 10.5. The fraction of sp³-hybridized carbons (Fsp3) is 0.423. The molecule has 167 valence electrons. The molecule has 0 bridgehead atoms. The molecule has 0 saturated heterocycles. The number of carbonyl (C=O) groups excluding carboxylic acids is 2. The van der Waals surface area contributed by atoms with Crippen LogP contribution < -0.4 is 10.5 Å². The summed E-state index contributed by atoms with van der Waals surface area (Å²) in [6, 6.07) is 12.4. The molecule has 2 N–H and O–H groups in total. The molecule has 0 aliphatic heterocycles. The van der Waals surface area contributed by atoms with Gasteiger partial charge in [0, 0.05) is 18.0 Å². The van der Waals surface area contributed by atoms with E-state index in [4.69, 9.17) is 15.2 Å². The zero-order valence-corrected chi connectivity index (χ0v) is 19.6. The molecule has 0 fully saturated rings. The lowest BCUT2D eigenvalue weighted by Crippen LogP contribution is -2.35. The number of hydrogen-bond acceptors (Lipinski definition) is 5. The molecular weight excluding hydrogens is 390 g/mol. The molecule has 2 rings (SSSR count). The van der Waals surface area contributed by atoms with Gasteiger partial charge in [0.2, 0.25) is 0 Å². The van der Waals surface area contributed by atoms with Crippen molar-refractivity contribution >= 4 is 11.9 Å². The summed E-state index contributed by atoms with van der Waals surface area (Å²) >= 11 is 0. The predicted octanol–water partition coefficient (Wildman–Crippen LogP) is 5.23. The Balaban J connectivity index is 2.30. The molecule has 0 amide bonds. The van der Waals surface area contributed by atoms with Crippen LogP contribution in [0.3, 0.4) is 0 Å². The molecular formula is C26H34NO4. The summed E-state index contributed by atoms with van der Waals surface area (Å²) in [5.41, 5.74) is 8.47. The van der Waals surface area contributed by atoms with Gasteiger partial charge in [-0.15, -0.1) is 0 Å². The van der Waals surface area contributed by atoms with Crippen molar-refractivity contribution < 1.29 is 19.1 Å². The maximum Gasteiger partial charge on any atom is 0.343 e. The van der Waals surface area contributed by atoms with Gasteiger partial charge in [-0.2, -0.15) is 0 Å². The molecule has 1 radical (unpaired) electrons. The van der Waals surface area contributed by atoms with Crippen molar-refractivity contribution in [1.29, 1.82) is 0 Å². The molecule has 0 spiro atoms. The largest absolute Gasteiger partial charge is 0.460 e. The van der Waals surface area contributed by atoms with Crippen LogP contribution in [0.4, 0.5) is 0 Å². The lowest BCUT2D eigenvalue weighted by atomic mass is 9.83. The third-order valence-electron chi connectivity index (χ3n) is 4.88. The lowest BCUT2D eigenvalue weighted by molar-refractivity contribution is -0.154. The van der Waals surface area contributed by atoms with E-state index in [0.29, 0.717) is 16.9 Å². The lowest BCUT2D eigenvalue weighted by Gasteiger charge is -2.27. The van der Waals surface area contributed by atoms with Gasteiger partial charge >= 0.3 is 11.9 Å². The van der Waals surface area contributed by atoms with Gasteiger partial charge < -0.3 is 15.2 Å². The zero-order valence-electron chi connectivity index (χ0n) is 19.6. The first-order valence-electron chi connectivity index (χ1n) is 10.5. The number of carbonyl (C=O) groups is 2. The molecule has 0 saturated carbocycles. The van der Waals surface area contributed by atoms with Crippen molar-refractivity contribution in [2.75, 3.05) is 0 Å². The van der Waals surface area contributed by atoms with Crippen molar-refractivity contribution in [2.45, 2.75) is 61.1 Å². The van der Waals surface area contributed by atoms with E-state index in [9.17, 15) is 9.59 Å². The minimum Gasteiger partial charge on any atom is -0.460 e. The highest BCUT2D eigenvalue weighted by Crippen LogP contribution is 2.28. The summed E-state index contributed by atoms with van der Waals surface area (Å²) in [4.78, 5) is 24.9. The van der Waals surface area contributed by atoms with Gasteiger partial charge in [0.05, 0.1) is 11.0 Å². The normalized spacial score (nSPS) is 12.9. The van der Waals surface area contributed by atoms with Crippen molar-refractivity contribution in [3.05, 3.63) is 71.1 Å². The number of aryl methyl sites for hydroxylation is 1. The minimum absolute atomic E-state index is 0.00102. The molecule has 5 heteroatoms. The van der Waals surface area contributed by atoms with Crippen LogP contribution >= 0.6 is 0 Å². The van der Waals surface area contributed by atoms with Gasteiger partial charge in [-0.1, -0.05) is 44.5 Å². The number of hydrogen-bond donors (Lipinski definition) is 1. The van der Waals surface area contributed by atoms with Crippen molar-refractivity contribution in [3.8, 4) is 5.75 Å². The SMILES string of the molecule is Cc1cccc(C(=O)Oc2ccc([CH]C(N)C(C)(C)C)cc2COC(=O)C(C)(C)C)c1. The molecule has 2 aromatic rings. The Bertz CT molecular complexity index is 935. The third kappa shape index (κ3) is 7.21. The molecule has 0 heterocycles. The van der Waals surface area contributed by atoms with Crippen molar-refractivity contribution in [3.63, 3.8) is 0 Å². The number of benzene rings is 2. The van der Waals surface area contributed by atoms with E-state index < -0.39 is 11.4 Å². The van der Waals surface area contributed by atoms with Gasteiger partial charge in [-0.05, 0) is 62.9 Å². The van der Waals surface area contributed by atoms with Crippen molar-refractivity contribution in [2.24, 2.45) is 16.6 Å². The van der Waals surface area contributed by atoms with E-state index in [0.717, 1.165) is 11.1 Å². The maximum atomic E-state index is 12.7. The second kappa shape index (κ2) is 9.65. The molecule has 0 aliphatic carbocycles. The van der Waals surface area contributed by atoms with Crippen LogP contribution in [0.25, 0.3) is 0 Å². The van der Waals surface area contributed by atoms with E-state index in [-0.39, 0.29) is 24.0 Å². The third-order valence-corrected chi connectivity index (χ3v) is 4.88. The monoisotopic (exact) mass is 424 g/mol. The highest BCUT2D eigenvalue weighted by molar-refractivity contribution is 5.91. The number of nitrogens with two attached hydrogens (primary N) is 1. The zero-order chi connectivity index (χ0) is 23.4. The Kier molecular flexibility index (Phi) is 7.66. The summed E-state index contributed by atoms with van der Waals surface area (Å²) in [6.45, 7) is 13.5. The van der Waals surface area contributed by atoms with E-state index in [1.165, 1.54) is 0 Å². The molecule has 1 atom stereocenters. The second-order valence-corrected chi connectivity index (χ2v) is 10.0. The van der Waals surface area contributed by atoms with Gasteiger partial charge in [0.15, 0.2) is 0 Å². The standard InChI is InChI=1S/C26H34NO4/c1-17-9-8-10-19(13-17)23(28)31-21-12-11-18(15-22(27)25(2,3)4)14-20(21)16-30-24(29)26(5,6)7/h8-15,22H,16,27H2,1-7H3. The molecule has 0 aliphatic rings. The number of esters is 2. The van der Waals surface area contributed by atoms with Crippen LogP contribution in [0.2, 0.25) is 0 Å². The molecule has 5 nitrogen and oxygen atoms in total. The molecule has 31 heavy (non-hydrogen) atoms. The van der Waals surface area contributed by atoms with E-state index >= 15 is 0 Å². The van der Waals surface area contributed by atoms with Gasteiger partial charge in [-0.25, -0.2) is 4.79 Å². The maximum absolute atomic E-state index is 12.7. The van der Waals surface area contributed by atoms with Gasteiger partial charge in [-0.3, -0.25) is 4.79 Å². The average Bonchev–Trinajstić information content (AvgIpc) is 2.66. The summed E-state index contributed by atoms with van der Waals surface area (Å²) in [6.07, 6.45) is 1.96. The summed E-state index contributed by atoms with van der Waals surface area (Å²) in [5.74, 6) is -0.436. The molecule has 2 aromatic carbocycles. The van der Waals surface area contributed by atoms with Crippen LogP contribution in [0.5, 0.6) is 5.75 Å². The fourth-order valence-corrected chi connectivity index (χ4v) is 2.66. The molecule has 0 aromatic heterocycles. The highest BCUT2D eigenvalue weighted by atomic mass is 16.5. The average molecular weight is 425 g/mol. The highest BCUT2D eigenvalue weighted by Gasteiger charge is 2.25. The van der Waals surface area contributed by atoms with E-state index in [1.807, 2.05) is 37.6 Å². The van der Waals surface area contributed by atoms with Crippen LogP contribution in [0.1, 0.15) is 68.6 Å². The summed E-state index contributed by atoms with van der Waals surface area (Å²) in [7, 11) is 0. The quantitative estimate of drug-likeness (QED) is 0.507. The smallest absolute Gasteiger partial charge is 0.343 e. The first-order chi connectivity index (χ1) is 14.3. The fourth-order valence-electron chi connectivity index (χ4n) is 2.66. The van der Waals surface area contributed by atoms with Crippen LogP contribution in [0, 0.1) is 24.2 Å². The van der Waals surface area contributed by atoms with Gasteiger partial charge in [0.1, 0.15) is 12.4 Å². The Hall–Kier alpha value is -2.66. The number of rotatable bonds is 6. The summed E-state index contributed by atoms with van der Waals surface area (Å²) in [5, 5.41) is 0. The Labute approximate surface area is 185 Å². The Morgan fingerprint density at radius 3 is 2.29 bits per heavy atom. The summed E-state index contributed by atoms with van der Waals surface area (Å²) < 4.78 is 11.1. The van der Waals surface area contributed by atoms with E-state index in [1.54, 1.807) is 39.0 Å². The van der Waals surface area contributed by atoms with Gasteiger partial charge in [0.25, 0.3) is 0 Å². The second-order valence-electron chi connectivity index (χ2n) is 10.0. The first kappa shape index (κ1) is 24.6. The predicted molar refractivity (Wildman–Crippen MR) is 123 cm³/mol. The number of ether oxygens (including phenoxy) is 2. The van der Waals surface area contributed by atoms with Crippen molar-refractivity contribution in [1.82, 2.24) is 0 Å². The van der Waals surface area contributed by atoms with Crippen LogP contribution in [0.15, 0.2) is 42.5 Å². The topological polar surface area (TPSA) is 78.6 Å². The Morgan fingerprint density at radius 2 is 1.71 bits per heavy atom. The molecule has 1 unspecified atom stereocenters. The van der Waals surface area contributed by atoms with Crippen LogP contribution in [-0.4, -0.2) is 18.0 Å². The van der Waals surface area contributed by atoms with E-state index in [2.05, 4.69) is 20.8 Å². The Morgan fingerprint density at radius 1 is 1.03 bits per heavy atom. The minimum atomic E-state index is -0.628.